The molecule has 39 heavy (non-hydrogen) atoms. The van der Waals surface area contributed by atoms with Gasteiger partial charge in [-0.2, -0.15) is 5.10 Å². The van der Waals surface area contributed by atoms with Gasteiger partial charge in [0.05, 0.1) is 11.4 Å². The van der Waals surface area contributed by atoms with E-state index in [4.69, 9.17) is 4.99 Å². The molecule has 1 atom stereocenters. The average molecular weight is 516 g/mol. The Hall–Kier alpha value is -5.18. The molecule has 9 heteroatoms. The summed E-state index contributed by atoms with van der Waals surface area (Å²) in [4.78, 5) is 40.8. The van der Waals surface area contributed by atoms with Crippen LogP contribution in [0.5, 0.6) is 0 Å². The SMILES string of the molecule is CC(C)c1ccc(-c2nn3cccnc3c2C(=O)N[C@H]2N=C(c3ccccc3)c3ccccc3NC2=O)cn1. The van der Waals surface area contributed by atoms with Gasteiger partial charge in [-0.15, -0.1) is 0 Å². The molecule has 0 saturated heterocycles. The van der Waals surface area contributed by atoms with Crippen molar-refractivity contribution in [3.8, 4) is 11.3 Å². The molecule has 0 saturated carbocycles. The summed E-state index contributed by atoms with van der Waals surface area (Å²) in [6, 6.07) is 22.6. The molecule has 0 aliphatic carbocycles. The number of pyridine rings is 1. The lowest BCUT2D eigenvalue weighted by molar-refractivity contribution is -0.117. The number of benzene rings is 2. The Kier molecular flexibility index (Phi) is 6.16. The van der Waals surface area contributed by atoms with Gasteiger partial charge in [-0.25, -0.2) is 14.5 Å². The third kappa shape index (κ3) is 4.54. The van der Waals surface area contributed by atoms with E-state index in [1.54, 1.807) is 29.2 Å². The highest BCUT2D eigenvalue weighted by Gasteiger charge is 2.30. The Morgan fingerprint density at radius 1 is 0.949 bits per heavy atom. The molecule has 1 aliphatic heterocycles. The first-order valence-corrected chi connectivity index (χ1v) is 12.6. The predicted molar refractivity (Wildman–Crippen MR) is 149 cm³/mol. The lowest BCUT2D eigenvalue weighted by Gasteiger charge is -2.13. The number of fused-ring (bicyclic) bond motifs is 2. The van der Waals surface area contributed by atoms with Crippen molar-refractivity contribution in [2.75, 3.05) is 5.32 Å². The molecule has 0 bridgehead atoms. The maximum Gasteiger partial charge on any atom is 0.269 e. The van der Waals surface area contributed by atoms with Crippen LogP contribution in [0.1, 0.15) is 46.9 Å². The molecule has 0 fully saturated rings. The molecular formula is C30H25N7O2. The number of para-hydroxylation sites is 1. The highest BCUT2D eigenvalue weighted by Crippen LogP contribution is 2.27. The van der Waals surface area contributed by atoms with Crippen LogP contribution in [0, 0.1) is 0 Å². The number of carbonyl (C=O) groups is 2. The van der Waals surface area contributed by atoms with E-state index < -0.39 is 18.0 Å². The van der Waals surface area contributed by atoms with Crippen LogP contribution in [-0.4, -0.2) is 43.3 Å². The number of aliphatic imine (C=N–C) groups is 1. The summed E-state index contributed by atoms with van der Waals surface area (Å²) in [7, 11) is 0. The highest BCUT2D eigenvalue weighted by molar-refractivity contribution is 6.20. The molecular weight excluding hydrogens is 490 g/mol. The predicted octanol–water partition coefficient (Wildman–Crippen LogP) is 4.46. The fourth-order valence-electron chi connectivity index (χ4n) is 4.56. The summed E-state index contributed by atoms with van der Waals surface area (Å²) in [5, 5.41) is 10.4. The summed E-state index contributed by atoms with van der Waals surface area (Å²) < 4.78 is 1.54. The number of aromatic nitrogens is 4. The number of amides is 2. The zero-order chi connectivity index (χ0) is 26.9. The summed E-state index contributed by atoms with van der Waals surface area (Å²) >= 11 is 0. The van der Waals surface area contributed by atoms with Gasteiger partial charge in [-0.1, -0.05) is 62.4 Å². The number of nitrogens with zero attached hydrogens (tertiary/aromatic N) is 5. The summed E-state index contributed by atoms with van der Waals surface area (Å²) in [6.45, 7) is 4.13. The van der Waals surface area contributed by atoms with Gasteiger partial charge in [0.15, 0.2) is 5.65 Å². The van der Waals surface area contributed by atoms with Gasteiger partial charge < -0.3 is 10.6 Å². The minimum atomic E-state index is -1.19. The fraction of sp³-hybridized carbons (Fsp3) is 0.133. The van der Waals surface area contributed by atoms with Crippen molar-refractivity contribution in [2.24, 2.45) is 4.99 Å². The summed E-state index contributed by atoms with van der Waals surface area (Å²) in [6.07, 6.45) is 3.83. The van der Waals surface area contributed by atoms with Gasteiger partial charge in [0.1, 0.15) is 11.3 Å². The van der Waals surface area contributed by atoms with Gasteiger partial charge in [-0.05, 0) is 30.2 Å². The lowest BCUT2D eigenvalue weighted by atomic mass is 10.0. The number of hydrogen-bond acceptors (Lipinski definition) is 6. The number of hydrogen-bond donors (Lipinski definition) is 2. The second kappa shape index (κ2) is 9.94. The molecule has 2 aromatic carbocycles. The van der Waals surface area contributed by atoms with Crippen molar-refractivity contribution < 1.29 is 9.59 Å². The van der Waals surface area contributed by atoms with Crippen LogP contribution in [0.15, 0.2) is 96.4 Å². The van der Waals surface area contributed by atoms with Gasteiger partial charge in [0.2, 0.25) is 6.17 Å². The smallest absolute Gasteiger partial charge is 0.269 e. The van der Waals surface area contributed by atoms with Crippen molar-refractivity contribution in [3.63, 3.8) is 0 Å². The number of rotatable bonds is 5. The number of nitrogens with one attached hydrogen (secondary N) is 2. The third-order valence-corrected chi connectivity index (χ3v) is 6.54. The zero-order valence-corrected chi connectivity index (χ0v) is 21.4. The van der Waals surface area contributed by atoms with E-state index in [1.165, 1.54) is 0 Å². The Morgan fingerprint density at radius 2 is 1.74 bits per heavy atom. The highest BCUT2D eigenvalue weighted by atomic mass is 16.2. The van der Waals surface area contributed by atoms with Crippen LogP contribution < -0.4 is 10.6 Å². The average Bonchev–Trinajstić information content (AvgIpc) is 3.29. The molecule has 0 spiro atoms. The molecule has 3 aromatic heterocycles. The molecule has 2 amide bonds. The Bertz CT molecular complexity index is 1720. The van der Waals surface area contributed by atoms with E-state index in [0.29, 0.717) is 28.3 Å². The monoisotopic (exact) mass is 515 g/mol. The largest absolute Gasteiger partial charge is 0.322 e. The van der Waals surface area contributed by atoms with Crippen molar-refractivity contribution in [2.45, 2.75) is 25.9 Å². The first-order chi connectivity index (χ1) is 19.0. The van der Waals surface area contributed by atoms with Crippen molar-refractivity contribution in [1.29, 1.82) is 0 Å². The van der Waals surface area contributed by atoms with E-state index in [-0.39, 0.29) is 11.5 Å². The van der Waals surface area contributed by atoms with Gasteiger partial charge in [0, 0.05) is 41.0 Å². The molecule has 4 heterocycles. The Morgan fingerprint density at radius 3 is 2.51 bits per heavy atom. The molecule has 9 nitrogen and oxygen atoms in total. The molecule has 2 N–H and O–H groups in total. The summed E-state index contributed by atoms with van der Waals surface area (Å²) in [5.41, 5.74) is 5.43. The minimum absolute atomic E-state index is 0.237. The molecule has 0 unspecified atom stereocenters. The van der Waals surface area contributed by atoms with Crippen molar-refractivity contribution in [3.05, 3.63) is 114 Å². The number of carbonyl (C=O) groups excluding carboxylic acids is 2. The number of anilines is 1. The van der Waals surface area contributed by atoms with Crippen LogP contribution >= 0.6 is 0 Å². The molecule has 6 rings (SSSR count). The second-order valence-electron chi connectivity index (χ2n) is 9.49. The van der Waals surface area contributed by atoms with Crippen molar-refractivity contribution in [1.82, 2.24) is 24.9 Å². The maximum absolute atomic E-state index is 13.9. The zero-order valence-electron chi connectivity index (χ0n) is 21.4. The third-order valence-electron chi connectivity index (χ3n) is 6.54. The maximum atomic E-state index is 13.9. The normalized spacial score (nSPS) is 14.9. The van der Waals surface area contributed by atoms with Crippen LogP contribution in [0.3, 0.4) is 0 Å². The Labute approximate surface area is 224 Å². The standard InChI is InChI=1S/C30H25N7O2/c1-18(2)22-14-13-20(17-32-22)26-24(28-31-15-8-16-37(28)36-26)29(38)35-27-30(39)33-23-12-7-6-11-21(23)25(34-27)19-9-4-3-5-10-19/h3-18,27H,1-2H3,(H,33,39)(H,35,38)/t27-/m1/s1. The molecule has 0 radical (unpaired) electrons. The van der Waals surface area contributed by atoms with E-state index >= 15 is 0 Å². The van der Waals surface area contributed by atoms with Gasteiger partial charge in [0.25, 0.3) is 11.8 Å². The van der Waals surface area contributed by atoms with Crippen LogP contribution in [0.25, 0.3) is 16.9 Å². The molecule has 5 aromatic rings. The van der Waals surface area contributed by atoms with Crippen LogP contribution in [0.2, 0.25) is 0 Å². The quantitative estimate of drug-likeness (QED) is 0.359. The van der Waals surface area contributed by atoms with E-state index in [0.717, 1.165) is 16.8 Å². The lowest BCUT2D eigenvalue weighted by Crippen LogP contribution is -2.42. The Balaban J connectivity index is 1.42. The van der Waals surface area contributed by atoms with Crippen LogP contribution in [0.4, 0.5) is 5.69 Å². The first-order valence-electron chi connectivity index (χ1n) is 12.6. The van der Waals surface area contributed by atoms with Gasteiger partial charge >= 0.3 is 0 Å². The van der Waals surface area contributed by atoms with E-state index in [9.17, 15) is 9.59 Å². The topological polar surface area (TPSA) is 114 Å². The van der Waals surface area contributed by atoms with E-state index in [2.05, 4.69) is 39.5 Å². The molecule has 192 valence electrons. The van der Waals surface area contributed by atoms with E-state index in [1.807, 2.05) is 66.7 Å². The molecule has 1 aliphatic rings. The summed E-state index contributed by atoms with van der Waals surface area (Å²) in [5.74, 6) is -0.705. The fourth-order valence-corrected chi connectivity index (χ4v) is 4.56. The first kappa shape index (κ1) is 24.2. The second-order valence-corrected chi connectivity index (χ2v) is 9.49. The van der Waals surface area contributed by atoms with Gasteiger partial charge in [-0.3, -0.25) is 14.6 Å². The minimum Gasteiger partial charge on any atom is -0.322 e. The van der Waals surface area contributed by atoms with Crippen molar-refractivity contribution >= 4 is 28.9 Å². The van der Waals surface area contributed by atoms with Crippen LogP contribution in [-0.2, 0) is 4.79 Å². The number of benzodiazepines with no additional fused rings is 1.